The Balaban J connectivity index is 2.50. The minimum Gasteiger partial charge on any atom is -0.461 e. The fourth-order valence-corrected chi connectivity index (χ4v) is 1.58. The highest BCUT2D eigenvalue weighted by Crippen LogP contribution is 2.27. The molecule has 0 unspecified atom stereocenters. The van der Waals surface area contributed by atoms with E-state index in [9.17, 15) is 0 Å². The van der Waals surface area contributed by atoms with Crippen molar-refractivity contribution < 1.29 is 4.42 Å². The molecule has 0 amide bonds. The van der Waals surface area contributed by atoms with Crippen molar-refractivity contribution in [3.05, 3.63) is 17.9 Å². The van der Waals surface area contributed by atoms with Gasteiger partial charge in [0.05, 0.1) is 6.26 Å². The van der Waals surface area contributed by atoms with Gasteiger partial charge in [0.2, 0.25) is 5.13 Å². The van der Waals surface area contributed by atoms with Crippen LogP contribution in [0.15, 0.2) is 16.7 Å². The molecule has 5 heteroatoms. The third-order valence-electron chi connectivity index (χ3n) is 1.50. The van der Waals surface area contributed by atoms with Gasteiger partial charge in [-0.1, -0.05) is 11.3 Å². The quantitative estimate of drug-likeness (QED) is 0.727. The molecule has 0 saturated carbocycles. The van der Waals surface area contributed by atoms with E-state index in [-0.39, 0.29) is 0 Å². The number of nitrogens with zero attached hydrogens (tertiary/aromatic N) is 2. The van der Waals surface area contributed by atoms with Crippen molar-refractivity contribution in [2.75, 3.05) is 5.73 Å². The lowest BCUT2D eigenvalue weighted by Crippen LogP contribution is -1.80. The molecule has 12 heavy (non-hydrogen) atoms. The number of nitrogen functional groups attached to an aromatic ring is 1. The molecule has 4 nitrogen and oxygen atoms in total. The second-order valence-electron chi connectivity index (χ2n) is 2.38. The number of nitrogens with two attached hydrogens (primary N) is 1. The van der Waals surface area contributed by atoms with Crippen LogP contribution in [-0.4, -0.2) is 10.2 Å². The van der Waals surface area contributed by atoms with E-state index >= 15 is 0 Å². The first-order valence-electron chi connectivity index (χ1n) is 3.41. The lowest BCUT2D eigenvalue weighted by molar-refractivity contribution is 0.579. The maximum Gasteiger partial charge on any atom is 0.203 e. The standard InChI is InChI=1S/C7H7N3OS/c1-4-2-3-11-5(4)6-9-10-7(8)12-6/h2-3H,1H3,(H2,8,10). The van der Waals surface area contributed by atoms with E-state index in [1.54, 1.807) is 6.26 Å². The third-order valence-corrected chi connectivity index (χ3v) is 2.25. The summed E-state index contributed by atoms with van der Waals surface area (Å²) in [5.74, 6) is 0.754. The molecule has 62 valence electrons. The molecule has 2 aromatic rings. The summed E-state index contributed by atoms with van der Waals surface area (Å²) in [5, 5.41) is 8.76. The Hall–Kier alpha value is -1.36. The fourth-order valence-electron chi connectivity index (χ4n) is 0.918. The first-order valence-corrected chi connectivity index (χ1v) is 4.22. The van der Waals surface area contributed by atoms with Gasteiger partial charge in [-0.3, -0.25) is 0 Å². The molecular weight excluding hydrogens is 174 g/mol. The Labute approximate surface area is 73.0 Å². The van der Waals surface area contributed by atoms with Crippen molar-refractivity contribution >= 4 is 16.5 Å². The van der Waals surface area contributed by atoms with Gasteiger partial charge in [0, 0.05) is 0 Å². The predicted molar refractivity (Wildman–Crippen MR) is 46.8 cm³/mol. The molecule has 2 N–H and O–H groups in total. The number of furan rings is 1. The molecule has 0 fully saturated rings. The first kappa shape index (κ1) is 7.30. The Morgan fingerprint density at radius 3 is 2.83 bits per heavy atom. The summed E-state index contributed by atoms with van der Waals surface area (Å²) < 4.78 is 5.22. The largest absolute Gasteiger partial charge is 0.461 e. The number of hydrogen-bond acceptors (Lipinski definition) is 5. The molecule has 0 atom stereocenters. The Morgan fingerprint density at radius 2 is 2.33 bits per heavy atom. The van der Waals surface area contributed by atoms with Crippen LogP contribution in [0.4, 0.5) is 5.13 Å². The zero-order chi connectivity index (χ0) is 8.55. The van der Waals surface area contributed by atoms with Crippen LogP contribution in [0.3, 0.4) is 0 Å². The lowest BCUT2D eigenvalue weighted by atomic mass is 10.3. The van der Waals surface area contributed by atoms with E-state index in [2.05, 4.69) is 10.2 Å². The van der Waals surface area contributed by atoms with Gasteiger partial charge in [0.25, 0.3) is 0 Å². The molecule has 0 saturated heterocycles. The highest BCUT2D eigenvalue weighted by atomic mass is 32.1. The van der Waals surface area contributed by atoms with E-state index in [0.717, 1.165) is 16.3 Å². The molecule has 2 heterocycles. The van der Waals surface area contributed by atoms with Gasteiger partial charge in [-0.25, -0.2) is 0 Å². The molecule has 0 aliphatic heterocycles. The molecule has 0 bridgehead atoms. The summed E-state index contributed by atoms with van der Waals surface area (Å²) in [5.41, 5.74) is 6.49. The molecule has 0 spiro atoms. The third kappa shape index (κ3) is 1.08. The van der Waals surface area contributed by atoms with Crippen molar-refractivity contribution in [1.29, 1.82) is 0 Å². The van der Waals surface area contributed by atoms with E-state index in [4.69, 9.17) is 10.2 Å². The smallest absolute Gasteiger partial charge is 0.203 e. The van der Waals surface area contributed by atoms with Crippen molar-refractivity contribution in [2.24, 2.45) is 0 Å². The molecule has 0 aliphatic rings. The zero-order valence-corrected chi connectivity index (χ0v) is 7.26. The minimum absolute atomic E-state index is 0.459. The summed E-state index contributed by atoms with van der Waals surface area (Å²) in [6.07, 6.45) is 1.63. The fraction of sp³-hybridized carbons (Fsp3) is 0.143. The minimum atomic E-state index is 0.459. The van der Waals surface area contributed by atoms with Crippen LogP contribution in [0.25, 0.3) is 10.8 Å². The van der Waals surface area contributed by atoms with Gasteiger partial charge in [-0.15, -0.1) is 10.2 Å². The Morgan fingerprint density at radius 1 is 1.50 bits per heavy atom. The van der Waals surface area contributed by atoms with E-state index in [1.807, 2.05) is 13.0 Å². The van der Waals surface area contributed by atoms with Gasteiger partial charge in [0.15, 0.2) is 10.8 Å². The first-order chi connectivity index (χ1) is 5.77. The summed E-state index contributed by atoms with van der Waals surface area (Å²) in [4.78, 5) is 0. The van der Waals surface area contributed by atoms with Gasteiger partial charge in [-0.2, -0.15) is 0 Å². The van der Waals surface area contributed by atoms with Crippen molar-refractivity contribution in [1.82, 2.24) is 10.2 Å². The van der Waals surface area contributed by atoms with Crippen molar-refractivity contribution in [2.45, 2.75) is 6.92 Å². The Bertz CT molecular complexity index is 393. The number of aryl methyl sites for hydroxylation is 1. The number of hydrogen-bond donors (Lipinski definition) is 1. The van der Waals surface area contributed by atoms with Crippen LogP contribution in [0.2, 0.25) is 0 Å². The van der Waals surface area contributed by atoms with Gasteiger partial charge >= 0.3 is 0 Å². The highest BCUT2D eigenvalue weighted by molar-refractivity contribution is 7.18. The normalized spacial score (nSPS) is 10.4. The zero-order valence-electron chi connectivity index (χ0n) is 6.44. The predicted octanol–water partition coefficient (Wildman–Crippen LogP) is 1.69. The van der Waals surface area contributed by atoms with Crippen molar-refractivity contribution in [3.63, 3.8) is 0 Å². The summed E-state index contributed by atoms with van der Waals surface area (Å²) in [6.45, 7) is 1.95. The van der Waals surface area contributed by atoms with E-state index in [1.165, 1.54) is 11.3 Å². The van der Waals surface area contributed by atoms with Gasteiger partial charge < -0.3 is 10.2 Å². The number of aromatic nitrogens is 2. The van der Waals surface area contributed by atoms with Gasteiger partial charge in [-0.05, 0) is 18.6 Å². The number of anilines is 1. The second-order valence-corrected chi connectivity index (χ2v) is 3.39. The highest BCUT2D eigenvalue weighted by Gasteiger charge is 2.09. The van der Waals surface area contributed by atoms with Crippen LogP contribution in [0.5, 0.6) is 0 Å². The summed E-state index contributed by atoms with van der Waals surface area (Å²) in [6, 6.07) is 1.88. The van der Waals surface area contributed by atoms with Gasteiger partial charge in [0.1, 0.15) is 0 Å². The molecule has 0 aliphatic carbocycles. The molecular formula is C7H7N3OS. The number of rotatable bonds is 1. The summed E-state index contributed by atoms with van der Waals surface area (Å²) >= 11 is 1.32. The maximum absolute atomic E-state index is 5.44. The molecule has 0 radical (unpaired) electrons. The van der Waals surface area contributed by atoms with E-state index < -0.39 is 0 Å². The van der Waals surface area contributed by atoms with E-state index in [0.29, 0.717) is 5.13 Å². The Kier molecular flexibility index (Phi) is 1.58. The topological polar surface area (TPSA) is 64.9 Å². The van der Waals surface area contributed by atoms with Crippen LogP contribution >= 0.6 is 11.3 Å². The van der Waals surface area contributed by atoms with Crippen LogP contribution in [0, 0.1) is 6.92 Å². The average Bonchev–Trinajstić information content (AvgIpc) is 2.58. The average molecular weight is 181 g/mol. The molecule has 2 rings (SSSR count). The molecule has 0 aromatic carbocycles. The molecule has 2 aromatic heterocycles. The van der Waals surface area contributed by atoms with Crippen LogP contribution in [0.1, 0.15) is 5.56 Å². The SMILES string of the molecule is Cc1ccoc1-c1nnc(N)s1. The monoisotopic (exact) mass is 181 g/mol. The van der Waals surface area contributed by atoms with Crippen LogP contribution < -0.4 is 5.73 Å². The van der Waals surface area contributed by atoms with Crippen molar-refractivity contribution in [3.8, 4) is 10.8 Å². The summed E-state index contributed by atoms with van der Waals surface area (Å²) in [7, 11) is 0. The van der Waals surface area contributed by atoms with Crippen LogP contribution in [-0.2, 0) is 0 Å². The second kappa shape index (κ2) is 2.60. The maximum atomic E-state index is 5.44. The lowest BCUT2D eigenvalue weighted by Gasteiger charge is -1.88.